The van der Waals surface area contributed by atoms with Crippen molar-refractivity contribution in [3.05, 3.63) is 48.8 Å². The smallest absolute Gasteiger partial charge is 0.423 e. The van der Waals surface area contributed by atoms with Crippen LogP contribution in [0.5, 0.6) is 0 Å². The molecule has 0 bridgehead atoms. The SMILES string of the molecule is OB(O)c1ccc(-c2cc3ncccn3n2)cc1. The van der Waals surface area contributed by atoms with E-state index in [9.17, 15) is 0 Å². The van der Waals surface area contributed by atoms with Gasteiger partial charge in [-0.25, -0.2) is 9.50 Å². The number of hydrogen-bond acceptors (Lipinski definition) is 4. The molecule has 0 radical (unpaired) electrons. The molecule has 0 aliphatic carbocycles. The Morgan fingerprint density at radius 2 is 1.89 bits per heavy atom. The second-order valence-electron chi connectivity index (χ2n) is 3.95. The van der Waals surface area contributed by atoms with Crippen LogP contribution < -0.4 is 5.46 Å². The van der Waals surface area contributed by atoms with E-state index in [0.717, 1.165) is 16.9 Å². The van der Waals surface area contributed by atoms with Crippen LogP contribution in [0.2, 0.25) is 0 Å². The summed E-state index contributed by atoms with van der Waals surface area (Å²) < 4.78 is 1.70. The molecule has 2 N–H and O–H groups in total. The molecule has 0 aliphatic heterocycles. The van der Waals surface area contributed by atoms with E-state index in [4.69, 9.17) is 10.0 Å². The molecule has 0 atom stereocenters. The van der Waals surface area contributed by atoms with E-state index >= 15 is 0 Å². The summed E-state index contributed by atoms with van der Waals surface area (Å²) in [7, 11) is -1.44. The normalized spacial score (nSPS) is 10.8. The van der Waals surface area contributed by atoms with E-state index in [2.05, 4.69) is 10.1 Å². The molecule has 0 fully saturated rings. The van der Waals surface area contributed by atoms with Gasteiger partial charge in [-0.1, -0.05) is 24.3 Å². The average molecular weight is 239 g/mol. The van der Waals surface area contributed by atoms with E-state index in [1.807, 2.05) is 18.3 Å². The third kappa shape index (κ3) is 1.87. The Hall–Kier alpha value is -2.18. The molecule has 0 spiro atoms. The van der Waals surface area contributed by atoms with Gasteiger partial charge in [0, 0.05) is 24.0 Å². The van der Waals surface area contributed by atoms with Gasteiger partial charge in [0.25, 0.3) is 0 Å². The summed E-state index contributed by atoms with van der Waals surface area (Å²) in [4.78, 5) is 4.19. The third-order valence-corrected chi connectivity index (χ3v) is 2.74. The van der Waals surface area contributed by atoms with Gasteiger partial charge in [0.1, 0.15) is 0 Å². The van der Waals surface area contributed by atoms with Crippen molar-refractivity contribution < 1.29 is 10.0 Å². The van der Waals surface area contributed by atoms with Crippen molar-refractivity contribution in [3.8, 4) is 11.3 Å². The van der Waals surface area contributed by atoms with Crippen LogP contribution in [0.25, 0.3) is 16.9 Å². The number of rotatable bonds is 2. The first-order chi connectivity index (χ1) is 8.74. The average Bonchev–Trinajstić information content (AvgIpc) is 2.82. The highest BCUT2D eigenvalue weighted by atomic mass is 16.4. The van der Waals surface area contributed by atoms with Crippen LogP contribution in [0.4, 0.5) is 0 Å². The second kappa shape index (κ2) is 4.25. The fourth-order valence-electron chi connectivity index (χ4n) is 1.80. The maximum absolute atomic E-state index is 9.03. The highest BCUT2D eigenvalue weighted by Crippen LogP contribution is 2.17. The molecule has 0 saturated carbocycles. The Balaban J connectivity index is 2.03. The van der Waals surface area contributed by atoms with Gasteiger partial charge < -0.3 is 10.0 Å². The predicted octanol–water partition coefficient (Wildman–Crippen LogP) is 0.0761. The van der Waals surface area contributed by atoms with Crippen LogP contribution in [0.15, 0.2) is 48.8 Å². The van der Waals surface area contributed by atoms with Crippen LogP contribution in [0, 0.1) is 0 Å². The van der Waals surface area contributed by atoms with Crippen molar-refractivity contribution >= 4 is 18.2 Å². The maximum atomic E-state index is 9.03. The van der Waals surface area contributed by atoms with Crippen molar-refractivity contribution in [3.63, 3.8) is 0 Å². The van der Waals surface area contributed by atoms with Crippen LogP contribution in [0.1, 0.15) is 0 Å². The Kier molecular flexibility index (Phi) is 2.58. The fourth-order valence-corrected chi connectivity index (χ4v) is 1.80. The quantitative estimate of drug-likeness (QED) is 0.621. The van der Waals surface area contributed by atoms with Crippen molar-refractivity contribution in [2.24, 2.45) is 0 Å². The van der Waals surface area contributed by atoms with Crippen molar-refractivity contribution in [2.45, 2.75) is 0 Å². The van der Waals surface area contributed by atoms with Gasteiger partial charge in [-0.05, 0) is 11.5 Å². The summed E-state index contributed by atoms with van der Waals surface area (Å²) in [5, 5.41) is 22.4. The van der Waals surface area contributed by atoms with Crippen molar-refractivity contribution in [1.29, 1.82) is 0 Å². The summed E-state index contributed by atoms with van der Waals surface area (Å²) in [6.07, 6.45) is 3.55. The molecular formula is C12H10BN3O2. The molecule has 2 aromatic heterocycles. The van der Waals surface area contributed by atoms with Gasteiger partial charge in [-0.15, -0.1) is 0 Å². The molecular weight excluding hydrogens is 229 g/mol. The summed E-state index contributed by atoms with van der Waals surface area (Å²) in [6, 6.07) is 10.6. The van der Waals surface area contributed by atoms with Gasteiger partial charge >= 0.3 is 7.12 Å². The number of fused-ring (bicyclic) bond motifs is 1. The van der Waals surface area contributed by atoms with E-state index in [1.54, 1.807) is 35.0 Å². The van der Waals surface area contributed by atoms with Gasteiger partial charge in [-0.2, -0.15) is 5.10 Å². The number of aromatic nitrogens is 3. The van der Waals surface area contributed by atoms with E-state index in [0.29, 0.717) is 5.46 Å². The summed E-state index contributed by atoms with van der Waals surface area (Å²) in [6.45, 7) is 0. The molecule has 0 saturated heterocycles. The van der Waals surface area contributed by atoms with Crippen LogP contribution in [-0.2, 0) is 0 Å². The molecule has 1 aromatic carbocycles. The predicted molar refractivity (Wildman–Crippen MR) is 68.2 cm³/mol. The third-order valence-electron chi connectivity index (χ3n) is 2.74. The van der Waals surface area contributed by atoms with Crippen molar-refractivity contribution in [1.82, 2.24) is 14.6 Å². The van der Waals surface area contributed by atoms with Gasteiger partial charge in [0.2, 0.25) is 0 Å². The minimum Gasteiger partial charge on any atom is -0.423 e. The molecule has 18 heavy (non-hydrogen) atoms. The zero-order valence-corrected chi connectivity index (χ0v) is 9.43. The monoisotopic (exact) mass is 239 g/mol. The number of nitrogens with zero attached hydrogens (tertiary/aromatic N) is 3. The first kappa shape index (κ1) is 10.9. The van der Waals surface area contributed by atoms with Crippen LogP contribution in [-0.4, -0.2) is 31.8 Å². The maximum Gasteiger partial charge on any atom is 0.488 e. The van der Waals surface area contributed by atoms with E-state index in [-0.39, 0.29) is 0 Å². The lowest BCUT2D eigenvalue weighted by Crippen LogP contribution is -2.29. The van der Waals surface area contributed by atoms with E-state index < -0.39 is 7.12 Å². The van der Waals surface area contributed by atoms with Gasteiger partial charge in [0.15, 0.2) is 5.65 Å². The molecule has 0 unspecified atom stereocenters. The highest BCUT2D eigenvalue weighted by Gasteiger charge is 2.11. The van der Waals surface area contributed by atoms with E-state index in [1.165, 1.54) is 0 Å². The molecule has 0 amide bonds. The first-order valence-electron chi connectivity index (χ1n) is 5.51. The molecule has 5 nitrogen and oxygen atoms in total. The molecule has 6 heteroatoms. The largest absolute Gasteiger partial charge is 0.488 e. The molecule has 3 aromatic rings. The Morgan fingerprint density at radius 1 is 1.11 bits per heavy atom. The van der Waals surface area contributed by atoms with Gasteiger partial charge in [-0.3, -0.25) is 0 Å². The second-order valence-corrected chi connectivity index (χ2v) is 3.95. The lowest BCUT2D eigenvalue weighted by molar-refractivity contribution is 0.426. The Labute approximate surface area is 103 Å². The molecule has 3 rings (SSSR count). The molecule has 88 valence electrons. The first-order valence-corrected chi connectivity index (χ1v) is 5.51. The van der Waals surface area contributed by atoms with Crippen LogP contribution >= 0.6 is 0 Å². The van der Waals surface area contributed by atoms with Gasteiger partial charge in [0.05, 0.1) is 5.69 Å². The zero-order valence-electron chi connectivity index (χ0n) is 9.43. The minimum absolute atomic E-state index is 0.459. The summed E-state index contributed by atoms with van der Waals surface area (Å²) >= 11 is 0. The number of hydrogen-bond donors (Lipinski definition) is 2. The standard InChI is InChI=1S/C12H10BN3O2/c17-13(18)10-4-2-9(3-5-10)11-8-12-14-6-1-7-16(12)15-11/h1-8,17-18H. The minimum atomic E-state index is -1.44. The van der Waals surface area contributed by atoms with Crippen LogP contribution in [0.3, 0.4) is 0 Å². The summed E-state index contributed by atoms with van der Waals surface area (Å²) in [5.41, 5.74) is 2.94. The Morgan fingerprint density at radius 3 is 2.56 bits per heavy atom. The molecule has 2 heterocycles. The lowest BCUT2D eigenvalue weighted by atomic mass is 9.80. The number of benzene rings is 1. The highest BCUT2D eigenvalue weighted by molar-refractivity contribution is 6.58. The summed E-state index contributed by atoms with van der Waals surface area (Å²) in [5.74, 6) is 0. The zero-order chi connectivity index (χ0) is 12.5. The fraction of sp³-hybridized carbons (Fsp3) is 0. The Bertz CT molecular complexity index is 646. The lowest BCUT2D eigenvalue weighted by Gasteiger charge is -2.00. The molecule has 0 aliphatic rings. The van der Waals surface area contributed by atoms with Crippen molar-refractivity contribution in [2.75, 3.05) is 0 Å². The topological polar surface area (TPSA) is 70.7 Å².